The number of ether oxygens (including phenoxy) is 1. The molecule has 1 aromatic rings. The van der Waals surface area contributed by atoms with Crippen LogP contribution in [0.4, 0.5) is 11.4 Å². The summed E-state index contributed by atoms with van der Waals surface area (Å²) in [5.74, 6) is -0.350. The predicted molar refractivity (Wildman–Crippen MR) is 58.3 cm³/mol. The molecule has 4 N–H and O–H groups in total. The van der Waals surface area contributed by atoms with Gasteiger partial charge in [0.05, 0.1) is 5.56 Å². The summed E-state index contributed by atoms with van der Waals surface area (Å²) in [6.45, 7) is 0. The number of esters is 1. The Morgan fingerprint density at radius 2 is 2.07 bits per heavy atom. The van der Waals surface area contributed by atoms with Crippen LogP contribution in [0.15, 0.2) is 18.2 Å². The summed E-state index contributed by atoms with van der Waals surface area (Å²) in [6.07, 6.45) is 3.13. The van der Waals surface area contributed by atoms with Crippen molar-refractivity contribution in [3.8, 4) is 0 Å². The quantitative estimate of drug-likeness (QED) is 0.568. The number of carbonyl (C=O) groups excluding carboxylic acids is 1. The third kappa shape index (κ3) is 2.03. The maximum atomic E-state index is 11.6. The molecule has 2 rings (SSSR count). The summed E-state index contributed by atoms with van der Waals surface area (Å²) >= 11 is 0. The molecule has 1 saturated carbocycles. The van der Waals surface area contributed by atoms with Crippen LogP contribution in [-0.4, -0.2) is 12.1 Å². The summed E-state index contributed by atoms with van der Waals surface area (Å²) in [4.78, 5) is 11.6. The molecule has 1 fully saturated rings. The van der Waals surface area contributed by atoms with Crippen LogP contribution < -0.4 is 11.5 Å². The van der Waals surface area contributed by atoms with Crippen molar-refractivity contribution >= 4 is 17.3 Å². The summed E-state index contributed by atoms with van der Waals surface area (Å²) < 4.78 is 5.23. The van der Waals surface area contributed by atoms with Crippen molar-refractivity contribution in [3.63, 3.8) is 0 Å². The Morgan fingerprint density at radius 1 is 1.33 bits per heavy atom. The highest BCUT2D eigenvalue weighted by Gasteiger charge is 2.23. The summed E-state index contributed by atoms with van der Waals surface area (Å²) in [6, 6.07) is 4.82. The van der Waals surface area contributed by atoms with E-state index in [1.54, 1.807) is 18.2 Å². The third-order valence-corrected chi connectivity index (χ3v) is 2.62. The van der Waals surface area contributed by atoms with Gasteiger partial charge in [0.1, 0.15) is 6.10 Å². The molecule has 1 aliphatic rings. The van der Waals surface area contributed by atoms with E-state index < -0.39 is 0 Å². The standard InChI is InChI=1S/C11H14N2O2/c12-7-4-5-9(10(13)6-7)11(14)15-8-2-1-3-8/h4-6,8H,1-3,12-13H2. The first-order valence-electron chi connectivity index (χ1n) is 5.03. The van der Waals surface area contributed by atoms with E-state index >= 15 is 0 Å². The monoisotopic (exact) mass is 206 g/mol. The van der Waals surface area contributed by atoms with E-state index in [0.29, 0.717) is 16.9 Å². The van der Waals surface area contributed by atoms with Gasteiger partial charge in [-0.3, -0.25) is 0 Å². The summed E-state index contributed by atoms with van der Waals surface area (Å²) in [5.41, 5.74) is 12.5. The van der Waals surface area contributed by atoms with Gasteiger partial charge in [0.15, 0.2) is 0 Å². The minimum Gasteiger partial charge on any atom is -0.459 e. The van der Waals surface area contributed by atoms with Crippen molar-refractivity contribution in [3.05, 3.63) is 23.8 Å². The van der Waals surface area contributed by atoms with E-state index in [-0.39, 0.29) is 12.1 Å². The first kappa shape index (κ1) is 9.83. The molecule has 0 unspecified atom stereocenters. The van der Waals surface area contributed by atoms with Crippen LogP contribution in [0.1, 0.15) is 29.6 Å². The summed E-state index contributed by atoms with van der Waals surface area (Å²) in [5, 5.41) is 0. The maximum Gasteiger partial charge on any atom is 0.340 e. The highest BCUT2D eigenvalue weighted by molar-refractivity contribution is 5.95. The lowest BCUT2D eigenvalue weighted by atomic mass is 9.96. The van der Waals surface area contributed by atoms with Gasteiger partial charge in [-0.05, 0) is 37.5 Å². The van der Waals surface area contributed by atoms with E-state index in [1.807, 2.05) is 0 Å². The zero-order chi connectivity index (χ0) is 10.8. The first-order chi connectivity index (χ1) is 7.16. The number of rotatable bonds is 2. The van der Waals surface area contributed by atoms with Gasteiger partial charge in [-0.25, -0.2) is 4.79 Å². The Bertz CT molecular complexity index is 386. The van der Waals surface area contributed by atoms with Crippen LogP contribution in [0, 0.1) is 0 Å². The number of carbonyl (C=O) groups is 1. The molecule has 0 radical (unpaired) electrons. The minimum absolute atomic E-state index is 0.0782. The fraction of sp³-hybridized carbons (Fsp3) is 0.364. The normalized spacial score (nSPS) is 15.7. The largest absolute Gasteiger partial charge is 0.459 e. The highest BCUT2D eigenvalue weighted by atomic mass is 16.5. The Balaban J connectivity index is 2.10. The molecule has 4 nitrogen and oxygen atoms in total. The molecule has 0 heterocycles. The van der Waals surface area contributed by atoms with Gasteiger partial charge < -0.3 is 16.2 Å². The zero-order valence-corrected chi connectivity index (χ0v) is 8.40. The van der Waals surface area contributed by atoms with Crippen molar-refractivity contribution < 1.29 is 9.53 Å². The number of benzene rings is 1. The topological polar surface area (TPSA) is 78.3 Å². The van der Waals surface area contributed by atoms with Gasteiger partial charge in [0, 0.05) is 11.4 Å². The van der Waals surface area contributed by atoms with E-state index in [9.17, 15) is 4.79 Å². The molecule has 80 valence electrons. The van der Waals surface area contributed by atoms with E-state index in [4.69, 9.17) is 16.2 Å². The Morgan fingerprint density at radius 3 is 2.60 bits per heavy atom. The molecular weight excluding hydrogens is 192 g/mol. The maximum absolute atomic E-state index is 11.6. The molecule has 0 aromatic heterocycles. The number of nitrogens with two attached hydrogens (primary N) is 2. The SMILES string of the molecule is Nc1ccc(C(=O)OC2CCC2)c(N)c1. The van der Waals surface area contributed by atoms with Crippen molar-refractivity contribution in [2.45, 2.75) is 25.4 Å². The van der Waals surface area contributed by atoms with Gasteiger partial charge in [0.2, 0.25) is 0 Å². The van der Waals surface area contributed by atoms with Crippen molar-refractivity contribution in [1.29, 1.82) is 0 Å². The van der Waals surface area contributed by atoms with Crippen molar-refractivity contribution in [2.75, 3.05) is 11.5 Å². The van der Waals surface area contributed by atoms with Crippen LogP contribution >= 0.6 is 0 Å². The van der Waals surface area contributed by atoms with Crippen molar-refractivity contribution in [2.24, 2.45) is 0 Å². The van der Waals surface area contributed by atoms with E-state index in [0.717, 1.165) is 19.3 Å². The van der Waals surface area contributed by atoms with Gasteiger partial charge in [-0.15, -0.1) is 0 Å². The van der Waals surface area contributed by atoms with E-state index in [1.165, 1.54) is 0 Å². The average molecular weight is 206 g/mol. The molecule has 0 spiro atoms. The molecule has 0 saturated heterocycles. The number of hydrogen-bond donors (Lipinski definition) is 2. The fourth-order valence-corrected chi connectivity index (χ4v) is 1.47. The van der Waals surface area contributed by atoms with E-state index in [2.05, 4.69) is 0 Å². The Labute approximate surface area is 88.2 Å². The second kappa shape index (κ2) is 3.81. The van der Waals surface area contributed by atoms with Crippen LogP contribution in [0.2, 0.25) is 0 Å². The van der Waals surface area contributed by atoms with Crippen molar-refractivity contribution in [1.82, 2.24) is 0 Å². The smallest absolute Gasteiger partial charge is 0.340 e. The Hall–Kier alpha value is -1.71. The van der Waals surface area contributed by atoms with Crippen LogP contribution in [-0.2, 0) is 4.74 Å². The molecule has 15 heavy (non-hydrogen) atoms. The summed E-state index contributed by atoms with van der Waals surface area (Å²) in [7, 11) is 0. The Kier molecular flexibility index (Phi) is 2.49. The lowest BCUT2D eigenvalue weighted by molar-refractivity contribution is 0.00913. The minimum atomic E-state index is -0.350. The number of anilines is 2. The predicted octanol–water partition coefficient (Wildman–Crippen LogP) is 1.56. The first-order valence-corrected chi connectivity index (χ1v) is 5.03. The molecule has 0 amide bonds. The van der Waals surface area contributed by atoms with Gasteiger partial charge in [-0.2, -0.15) is 0 Å². The van der Waals surface area contributed by atoms with Crippen LogP contribution in [0.5, 0.6) is 0 Å². The lowest BCUT2D eigenvalue weighted by Crippen LogP contribution is -2.25. The molecule has 4 heteroatoms. The molecular formula is C11H14N2O2. The van der Waals surface area contributed by atoms with Gasteiger partial charge in [0.25, 0.3) is 0 Å². The number of nitrogen functional groups attached to an aromatic ring is 2. The zero-order valence-electron chi connectivity index (χ0n) is 8.40. The lowest BCUT2D eigenvalue weighted by Gasteiger charge is -2.25. The third-order valence-electron chi connectivity index (χ3n) is 2.62. The second-order valence-corrected chi connectivity index (χ2v) is 3.80. The molecule has 1 aromatic carbocycles. The van der Waals surface area contributed by atoms with Gasteiger partial charge >= 0.3 is 5.97 Å². The molecule has 0 bridgehead atoms. The van der Waals surface area contributed by atoms with Crippen LogP contribution in [0.25, 0.3) is 0 Å². The fourth-order valence-electron chi connectivity index (χ4n) is 1.47. The van der Waals surface area contributed by atoms with Crippen LogP contribution in [0.3, 0.4) is 0 Å². The average Bonchev–Trinajstić information content (AvgIpc) is 2.11. The highest BCUT2D eigenvalue weighted by Crippen LogP contribution is 2.24. The molecule has 0 atom stereocenters. The second-order valence-electron chi connectivity index (χ2n) is 3.80. The molecule has 1 aliphatic carbocycles. The molecule has 0 aliphatic heterocycles. The number of hydrogen-bond acceptors (Lipinski definition) is 4. The van der Waals surface area contributed by atoms with Gasteiger partial charge in [-0.1, -0.05) is 0 Å².